The van der Waals surface area contributed by atoms with Crippen molar-refractivity contribution in [2.24, 2.45) is 0 Å². The van der Waals surface area contributed by atoms with E-state index in [1.165, 1.54) is 22.5 Å². The number of benzene rings is 1. The van der Waals surface area contributed by atoms with E-state index in [0.717, 1.165) is 6.54 Å². The summed E-state index contributed by atoms with van der Waals surface area (Å²) >= 11 is 0. The van der Waals surface area contributed by atoms with E-state index in [9.17, 15) is 13.2 Å². The van der Waals surface area contributed by atoms with Gasteiger partial charge in [-0.15, -0.1) is 0 Å². The molecule has 1 fully saturated rings. The normalized spacial score (nSPS) is 17.4. The van der Waals surface area contributed by atoms with Crippen LogP contribution in [0.2, 0.25) is 0 Å². The molecular formula is C16H20N2O5S. The Hall–Kier alpha value is -1.74. The van der Waals surface area contributed by atoms with Crippen LogP contribution < -0.4 is 5.63 Å². The summed E-state index contributed by atoms with van der Waals surface area (Å²) in [6.45, 7) is 3.72. The lowest BCUT2D eigenvalue weighted by molar-refractivity contribution is 0.123. The molecule has 2 heterocycles. The number of hydrogen-bond donors (Lipinski definition) is 0. The SMILES string of the molecule is COCCN1CCN(S(=O)(=O)c2ccc3oc(=O)ccc3c2)CC1. The second kappa shape index (κ2) is 7.02. The first kappa shape index (κ1) is 17.1. The molecule has 2 aromatic rings. The Labute approximate surface area is 140 Å². The molecule has 0 N–H and O–H groups in total. The quantitative estimate of drug-likeness (QED) is 0.739. The Bertz CT molecular complexity index is 869. The maximum absolute atomic E-state index is 12.8. The summed E-state index contributed by atoms with van der Waals surface area (Å²) in [5, 5.41) is 0.592. The van der Waals surface area contributed by atoms with E-state index >= 15 is 0 Å². The zero-order valence-electron chi connectivity index (χ0n) is 13.5. The van der Waals surface area contributed by atoms with Crippen molar-refractivity contribution in [2.45, 2.75) is 4.90 Å². The zero-order chi connectivity index (χ0) is 17.2. The summed E-state index contributed by atoms with van der Waals surface area (Å²) in [7, 11) is -1.90. The van der Waals surface area contributed by atoms with Gasteiger partial charge in [-0.05, 0) is 24.3 Å². The molecule has 130 valence electrons. The molecule has 0 unspecified atom stereocenters. The molecule has 0 radical (unpaired) electrons. The minimum Gasteiger partial charge on any atom is -0.423 e. The van der Waals surface area contributed by atoms with Crippen molar-refractivity contribution in [2.75, 3.05) is 46.4 Å². The summed E-state index contributed by atoms with van der Waals surface area (Å²) in [6, 6.07) is 7.41. The minimum atomic E-state index is -3.55. The van der Waals surface area contributed by atoms with Gasteiger partial charge in [0.1, 0.15) is 5.58 Å². The van der Waals surface area contributed by atoms with Crippen LogP contribution in [-0.2, 0) is 14.8 Å². The lowest BCUT2D eigenvalue weighted by Gasteiger charge is -2.33. The van der Waals surface area contributed by atoms with E-state index < -0.39 is 15.6 Å². The van der Waals surface area contributed by atoms with Gasteiger partial charge in [-0.3, -0.25) is 4.90 Å². The molecule has 0 bridgehead atoms. The van der Waals surface area contributed by atoms with Crippen LogP contribution in [-0.4, -0.2) is 64.1 Å². The fourth-order valence-electron chi connectivity index (χ4n) is 2.77. The molecule has 1 aliphatic rings. The monoisotopic (exact) mass is 352 g/mol. The van der Waals surface area contributed by atoms with Crippen molar-refractivity contribution in [1.82, 2.24) is 9.21 Å². The number of sulfonamides is 1. The molecule has 1 aliphatic heterocycles. The predicted molar refractivity (Wildman–Crippen MR) is 89.6 cm³/mol. The second-order valence-corrected chi connectivity index (χ2v) is 7.63. The minimum absolute atomic E-state index is 0.217. The Morgan fingerprint density at radius 2 is 1.88 bits per heavy atom. The molecule has 0 amide bonds. The molecule has 0 spiro atoms. The Balaban J connectivity index is 1.78. The third kappa shape index (κ3) is 3.51. The van der Waals surface area contributed by atoms with Crippen molar-refractivity contribution in [3.05, 3.63) is 40.8 Å². The van der Waals surface area contributed by atoms with Crippen molar-refractivity contribution in [1.29, 1.82) is 0 Å². The van der Waals surface area contributed by atoms with Gasteiger partial charge in [-0.1, -0.05) is 0 Å². The topological polar surface area (TPSA) is 80.1 Å². The van der Waals surface area contributed by atoms with Gasteiger partial charge in [0.25, 0.3) is 0 Å². The summed E-state index contributed by atoms with van der Waals surface area (Å²) in [6.07, 6.45) is 0. The van der Waals surface area contributed by atoms with Gasteiger partial charge in [0.15, 0.2) is 0 Å². The van der Waals surface area contributed by atoms with E-state index in [4.69, 9.17) is 9.15 Å². The molecule has 7 nitrogen and oxygen atoms in total. The summed E-state index contributed by atoms with van der Waals surface area (Å²) in [5.74, 6) is 0. The van der Waals surface area contributed by atoms with E-state index in [1.807, 2.05) is 0 Å². The smallest absolute Gasteiger partial charge is 0.336 e. The molecular weight excluding hydrogens is 332 g/mol. The first-order valence-electron chi connectivity index (χ1n) is 7.76. The molecule has 24 heavy (non-hydrogen) atoms. The average molecular weight is 352 g/mol. The highest BCUT2D eigenvalue weighted by molar-refractivity contribution is 7.89. The van der Waals surface area contributed by atoms with Crippen LogP contribution in [0.3, 0.4) is 0 Å². The largest absolute Gasteiger partial charge is 0.423 e. The fourth-order valence-corrected chi connectivity index (χ4v) is 4.23. The van der Waals surface area contributed by atoms with Gasteiger partial charge >= 0.3 is 5.63 Å². The van der Waals surface area contributed by atoms with Gasteiger partial charge < -0.3 is 9.15 Å². The van der Waals surface area contributed by atoms with E-state index in [1.54, 1.807) is 19.2 Å². The molecule has 1 aromatic heterocycles. The van der Waals surface area contributed by atoms with E-state index in [-0.39, 0.29) is 4.90 Å². The summed E-state index contributed by atoms with van der Waals surface area (Å²) < 4.78 is 37.2. The molecule has 0 aliphatic carbocycles. The number of methoxy groups -OCH3 is 1. The number of hydrogen-bond acceptors (Lipinski definition) is 6. The number of piperazine rings is 1. The van der Waals surface area contributed by atoms with Crippen LogP contribution in [0.5, 0.6) is 0 Å². The second-order valence-electron chi connectivity index (χ2n) is 5.69. The zero-order valence-corrected chi connectivity index (χ0v) is 14.3. The molecule has 0 saturated carbocycles. The van der Waals surface area contributed by atoms with Crippen LogP contribution in [0.4, 0.5) is 0 Å². The molecule has 3 rings (SSSR count). The highest BCUT2D eigenvalue weighted by atomic mass is 32.2. The van der Waals surface area contributed by atoms with E-state index in [2.05, 4.69) is 4.90 Å². The highest BCUT2D eigenvalue weighted by Crippen LogP contribution is 2.22. The first-order valence-corrected chi connectivity index (χ1v) is 9.20. The standard InChI is InChI=1S/C16H20N2O5S/c1-22-11-10-17-6-8-18(9-7-17)24(20,21)14-3-4-15-13(12-14)2-5-16(19)23-15/h2-5,12H,6-11H2,1H3. The Kier molecular flexibility index (Phi) is 5.00. The number of nitrogens with zero attached hydrogens (tertiary/aromatic N) is 2. The van der Waals surface area contributed by atoms with E-state index in [0.29, 0.717) is 43.8 Å². The van der Waals surface area contributed by atoms with Gasteiger partial charge in [-0.25, -0.2) is 13.2 Å². The number of ether oxygens (including phenoxy) is 1. The highest BCUT2D eigenvalue weighted by Gasteiger charge is 2.28. The molecule has 1 aromatic carbocycles. The number of fused-ring (bicyclic) bond motifs is 1. The van der Waals surface area contributed by atoms with Crippen molar-refractivity contribution >= 4 is 21.0 Å². The van der Waals surface area contributed by atoms with Crippen LogP contribution in [0.1, 0.15) is 0 Å². The Morgan fingerprint density at radius 3 is 2.58 bits per heavy atom. The molecule has 0 atom stereocenters. The van der Waals surface area contributed by atoms with Crippen molar-refractivity contribution in [3.63, 3.8) is 0 Å². The average Bonchev–Trinajstić information content (AvgIpc) is 2.59. The third-order valence-electron chi connectivity index (χ3n) is 4.17. The Morgan fingerprint density at radius 1 is 1.12 bits per heavy atom. The van der Waals surface area contributed by atoms with Crippen LogP contribution >= 0.6 is 0 Å². The maximum atomic E-state index is 12.8. The third-order valence-corrected chi connectivity index (χ3v) is 6.07. The maximum Gasteiger partial charge on any atom is 0.336 e. The first-order chi connectivity index (χ1) is 11.5. The van der Waals surface area contributed by atoms with Gasteiger partial charge in [0.05, 0.1) is 11.5 Å². The number of rotatable bonds is 5. The fraction of sp³-hybridized carbons (Fsp3) is 0.438. The lowest BCUT2D eigenvalue weighted by Crippen LogP contribution is -2.49. The van der Waals surface area contributed by atoms with Gasteiger partial charge in [0.2, 0.25) is 10.0 Å². The predicted octanol–water partition coefficient (Wildman–Crippen LogP) is 0.746. The lowest BCUT2D eigenvalue weighted by atomic mass is 10.2. The van der Waals surface area contributed by atoms with Crippen LogP contribution in [0.25, 0.3) is 11.0 Å². The van der Waals surface area contributed by atoms with Crippen molar-refractivity contribution < 1.29 is 17.6 Å². The molecule has 1 saturated heterocycles. The molecule has 8 heteroatoms. The van der Waals surface area contributed by atoms with Crippen LogP contribution in [0, 0.1) is 0 Å². The van der Waals surface area contributed by atoms with Gasteiger partial charge in [0, 0.05) is 51.3 Å². The summed E-state index contributed by atoms with van der Waals surface area (Å²) in [4.78, 5) is 13.6. The van der Waals surface area contributed by atoms with Crippen molar-refractivity contribution in [3.8, 4) is 0 Å². The van der Waals surface area contributed by atoms with Gasteiger partial charge in [-0.2, -0.15) is 4.31 Å². The summed E-state index contributed by atoms with van der Waals surface area (Å²) in [5.41, 5.74) is -0.0730. The van der Waals surface area contributed by atoms with Crippen LogP contribution in [0.15, 0.2) is 44.4 Å².